The fourth-order valence-corrected chi connectivity index (χ4v) is 4.12. The number of amides is 1. The van der Waals surface area contributed by atoms with Gasteiger partial charge in [0, 0.05) is 27.0 Å². The molecule has 0 fully saturated rings. The van der Waals surface area contributed by atoms with Gasteiger partial charge in [0.15, 0.2) is 9.84 Å². The van der Waals surface area contributed by atoms with Crippen molar-refractivity contribution in [3.8, 4) is 0 Å². The van der Waals surface area contributed by atoms with Gasteiger partial charge in [-0.05, 0) is 24.3 Å². The first-order valence-electron chi connectivity index (χ1n) is 6.38. The lowest BCUT2D eigenvalue weighted by atomic mass is 10.2. The largest absolute Gasteiger partial charge is 0.347 e. The van der Waals surface area contributed by atoms with Gasteiger partial charge in [-0.1, -0.05) is 22.0 Å². The van der Waals surface area contributed by atoms with Gasteiger partial charge in [0.25, 0.3) is 0 Å². The molecule has 1 atom stereocenters. The van der Waals surface area contributed by atoms with Crippen LogP contribution in [-0.2, 0) is 21.2 Å². The third kappa shape index (κ3) is 3.03. The molecule has 3 rings (SSSR count). The van der Waals surface area contributed by atoms with E-state index in [2.05, 4.69) is 21.2 Å². The lowest BCUT2D eigenvalue weighted by Crippen LogP contribution is -2.37. The van der Waals surface area contributed by atoms with Crippen LogP contribution in [0.15, 0.2) is 46.4 Å². The van der Waals surface area contributed by atoms with Crippen molar-refractivity contribution in [3.05, 3.63) is 46.4 Å². The molecule has 0 bridgehead atoms. The molecule has 1 N–H and O–H groups in total. The number of nitrogens with one attached hydrogen (secondary N) is 1. The lowest BCUT2D eigenvalue weighted by molar-refractivity contribution is -0.121. The smallest absolute Gasteiger partial charge is 0.240 e. The molecule has 2 heterocycles. The monoisotopic (exact) mass is 368 g/mol. The van der Waals surface area contributed by atoms with Crippen molar-refractivity contribution in [3.63, 3.8) is 0 Å². The molecule has 110 valence electrons. The SMILES string of the molecule is O=C(Cn1ccc2c(Br)cccc21)NC1C=CS(=O)(=O)C1. The second-order valence-electron chi connectivity index (χ2n) is 4.95. The zero-order valence-corrected chi connectivity index (χ0v) is 13.4. The maximum absolute atomic E-state index is 12.0. The molecule has 0 radical (unpaired) electrons. The van der Waals surface area contributed by atoms with E-state index in [1.807, 2.05) is 35.0 Å². The highest BCUT2D eigenvalue weighted by molar-refractivity contribution is 9.10. The number of halogens is 1. The van der Waals surface area contributed by atoms with Crippen LogP contribution in [0.2, 0.25) is 0 Å². The molecule has 2 aromatic rings. The average molecular weight is 369 g/mol. The fourth-order valence-electron chi connectivity index (χ4n) is 2.40. The van der Waals surface area contributed by atoms with Gasteiger partial charge in [-0.25, -0.2) is 8.42 Å². The minimum absolute atomic E-state index is 0.0588. The highest BCUT2D eigenvalue weighted by Gasteiger charge is 2.23. The summed E-state index contributed by atoms with van der Waals surface area (Å²) in [6.45, 7) is 0.157. The number of benzene rings is 1. The van der Waals surface area contributed by atoms with Gasteiger partial charge in [-0.15, -0.1) is 0 Å². The number of hydrogen-bond acceptors (Lipinski definition) is 3. The van der Waals surface area contributed by atoms with Gasteiger partial charge in [0.2, 0.25) is 5.91 Å². The molecule has 1 aromatic carbocycles. The Labute approximate surface area is 130 Å². The first-order valence-corrected chi connectivity index (χ1v) is 8.89. The Morgan fingerprint density at radius 3 is 2.90 bits per heavy atom. The molecule has 1 amide bonds. The fraction of sp³-hybridized carbons (Fsp3) is 0.214. The van der Waals surface area contributed by atoms with Crippen molar-refractivity contribution in [2.75, 3.05) is 5.75 Å². The van der Waals surface area contributed by atoms with Crippen molar-refractivity contribution in [1.82, 2.24) is 9.88 Å². The minimum atomic E-state index is -3.15. The van der Waals surface area contributed by atoms with Crippen LogP contribution in [0.3, 0.4) is 0 Å². The lowest BCUT2D eigenvalue weighted by Gasteiger charge is -2.11. The number of hydrogen-bond donors (Lipinski definition) is 1. The van der Waals surface area contributed by atoms with Gasteiger partial charge in [-0.3, -0.25) is 4.79 Å². The Bertz CT molecular complexity index is 839. The summed E-state index contributed by atoms with van der Waals surface area (Å²) < 4.78 is 25.4. The Morgan fingerprint density at radius 1 is 1.38 bits per heavy atom. The van der Waals surface area contributed by atoms with E-state index < -0.39 is 15.9 Å². The molecule has 0 aliphatic carbocycles. The third-order valence-corrected chi connectivity index (χ3v) is 5.44. The molecule has 0 saturated carbocycles. The van der Waals surface area contributed by atoms with Gasteiger partial charge >= 0.3 is 0 Å². The van der Waals surface area contributed by atoms with Crippen molar-refractivity contribution in [2.24, 2.45) is 0 Å². The number of aromatic nitrogens is 1. The first-order chi connectivity index (χ1) is 9.94. The quantitative estimate of drug-likeness (QED) is 0.898. The summed E-state index contributed by atoms with van der Waals surface area (Å²) in [5.41, 5.74) is 0.953. The number of fused-ring (bicyclic) bond motifs is 1. The van der Waals surface area contributed by atoms with Crippen LogP contribution in [0, 0.1) is 0 Å². The maximum atomic E-state index is 12.0. The Kier molecular flexibility index (Phi) is 3.62. The topological polar surface area (TPSA) is 68.2 Å². The zero-order chi connectivity index (χ0) is 15.0. The third-order valence-electron chi connectivity index (χ3n) is 3.35. The van der Waals surface area contributed by atoms with Crippen molar-refractivity contribution in [1.29, 1.82) is 0 Å². The Hall–Kier alpha value is -1.60. The second-order valence-corrected chi connectivity index (χ2v) is 7.73. The molecule has 1 unspecified atom stereocenters. The average Bonchev–Trinajstić information content (AvgIpc) is 2.95. The summed E-state index contributed by atoms with van der Waals surface area (Å²) in [7, 11) is -3.15. The van der Waals surface area contributed by atoms with E-state index in [0.717, 1.165) is 20.8 Å². The number of nitrogens with zero attached hydrogens (tertiary/aromatic N) is 1. The minimum Gasteiger partial charge on any atom is -0.347 e. The van der Waals surface area contributed by atoms with Crippen molar-refractivity contribution >= 4 is 42.6 Å². The second kappa shape index (κ2) is 5.31. The molecular weight excluding hydrogens is 356 g/mol. The van der Waals surface area contributed by atoms with E-state index in [-0.39, 0.29) is 18.2 Å². The number of carbonyl (C=O) groups excluding carboxylic acids is 1. The molecule has 1 aromatic heterocycles. The van der Waals surface area contributed by atoms with Gasteiger partial charge in [0.05, 0.1) is 11.8 Å². The van der Waals surface area contributed by atoms with Crippen molar-refractivity contribution in [2.45, 2.75) is 12.6 Å². The standard InChI is InChI=1S/C14H13BrN2O3S/c15-12-2-1-3-13-11(12)4-6-17(13)8-14(18)16-10-5-7-21(19,20)9-10/h1-7,10H,8-9H2,(H,16,18). The van der Waals surface area contributed by atoms with Gasteiger partial charge in [-0.2, -0.15) is 0 Å². The van der Waals surface area contributed by atoms with Gasteiger partial charge in [0.1, 0.15) is 6.54 Å². The molecule has 0 spiro atoms. The summed E-state index contributed by atoms with van der Waals surface area (Å²) in [4.78, 5) is 12.0. The molecule has 1 aliphatic rings. The summed E-state index contributed by atoms with van der Waals surface area (Å²) in [5.74, 6) is -0.268. The highest BCUT2D eigenvalue weighted by Crippen LogP contribution is 2.24. The highest BCUT2D eigenvalue weighted by atomic mass is 79.9. The predicted molar refractivity (Wildman–Crippen MR) is 84.5 cm³/mol. The predicted octanol–water partition coefficient (Wildman–Crippen LogP) is 1.83. The summed E-state index contributed by atoms with van der Waals surface area (Å²) in [5, 5.41) is 4.90. The van der Waals surface area contributed by atoms with E-state index >= 15 is 0 Å². The Morgan fingerprint density at radius 2 is 2.19 bits per heavy atom. The summed E-state index contributed by atoms with van der Waals surface area (Å²) in [6, 6.07) is 7.30. The van der Waals surface area contributed by atoms with Crippen LogP contribution in [0.5, 0.6) is 0 Å². The van der Waals surface area contributed by atoms with Gasteiger partial charge < -0.3 is 9.88 Å². The van der Waals surface area contributed by atoms with Crippen LogP contribution in [-0.4, -0.2) is 30.7 Å². The van der Waals surface area contributed by atoms with Crippen LogP contribution >= 0.6 is 15.9 Å². The molecule has 21 heavy (non-hydrogen) atoms. The normalized spacial score (nSPS) is 20.0. The number of carbonyl (C=O) groups is 1. The maximum Gasteiger partial charge on any atom is 0.240 e. The van der Waals surface area contributed by atoms with Crippen LogP contribution < -0.4 is 5.32 Å². The van der Waals surface area contributed by atoms with E-state index in [0.29, 0.717) is 0 Å². The zero-order valence-electron chi connectivity index (χ0n) is 11.0. The summed E-state index contributed by atoms with van der Waals surface area (Å²) in [6.07, 6.45) is 3.35. The first kappa shape index (κ1) is 14.3. The van der Waals surface area contributed by atoms with Crippen LogP contribution in [0.4, 0.5) is 0 Å². The summed E-state index contributed by atoms with van der Waals surface area (Å²) >= 11 is 3.47. The van der Waals surface area contributed by atoms with Crippen molar-refractivity contribution < 1.29 is 13.2 Å². The number of sulfone groups is 1. The van der Waals surface area contributed by atoms with E-state index in [4.69, 9.17) is 0 Å². The molecule has 1 aliphatic heterocycles. The molecule has 7 heteroatoms. The molecular formula is C14H13BrN2O3S. The van der Waals surface area contributed by atoms with Crippen LogP contribution in [0.1, 0.15) is 0 Å². The van der Waals surface area contributed by atoms with Crippen LogP contribution in [0.25, 0.3) is 10.9 Å². The number of rotatable bonds is 3. The molecule has 5 nitrogen and oxygen atoms in total. The Balaban J connectivity index is 1.73. The van der Waals surface area contributed by atoms with E-state index in [1.54, 1.807) is 0 Å². The molecule has 0 saturated heterocycles. The van der Waals surface area contributed by atoms with E-state index in [1.165, 1.54) is 6.08 Å². The van der Waals surface area contributed by atoms with E-state index in [9.17, 15) is 13.2 Å².